The van der Waals surface area contributed by atoms with Crippen molar-refractivity contribution in [3.05, 3.63) is 67.6 Å². The predicted molar refractivity (Wildman–Crippen MR) is 121 cm³/mol. The fraction of sp³-hybridized carbons (Fsp3) is 0.478. The van der Waals surface area contributed by atoms with Crippen molar-refractivity contribution in [1.29, 1.82) is 0 Å². The molecule has 2 heterocycles. The fourth-order valence-electron chi connectivity index (χ4n) is 4.28. The van der Waals surface area contributed by atoms with E-state index >= 15 is 0 Å². The van der Waals surface area contributed by atoms with Crippen LogP contribution in [0.1, 0.15) is 55.2 Å². The minimum atomic E-state index is -0.958. The number of hydrogen-bond donors (Lipinski definition) is 1. The van der Waals surface area contributed by atoms with Crippen molar-refractivity contribution >= 4 is 29.2 Å². The van der Waals surface area contributed by atoms with Gasteiger partial charge in [-0.1, -0.05) is 56.1 Å². The van der Waals surface area contributed by atoms with Crippen LogP contribution >= 0.6 is 23.2 Å². The van der Waals surface area contributed by atoms with Gasteiger partial charge in [0.15, 0.2) is 0 Å². The molecule has 1 N–H and O–H groups in total. The second kappa shape index (κ2) is 9.13. The first-order valence-electron chi connectivity index (χ1n) is 10.2. The number of carboxylic acid groups (broad SMARTS) is 1. The molecule has 7 heteroatoms. The number of halogens is 2. The van der Waals surface area contributed by atoms with Crippen LogP contribution in [0.3, 0.4) is 0 Å². The molecule has 1 aliphatic heterocycles. The summed E-state index contributed by atoms with van der Waals surface area (Å²) in [6.07, 6.45) is 2.84. The Balaban J connectivity index is 1.86. The molecule has 1 fully saturated rings. The molecule has 2 aromatic rings. The van der Waals surface area contributed by atoms with E-state index in [0.717, 1.165) is 30.6 Å². The highest BCUT2D eigenvalue weighted by Gasteiger charge is 2.34. The first-order chi connectivity index (χ1) is 14.1. The number of carboxylic acids is 1. The van der Waals surface area contributed by atoms with E-state index in [9.17, 15) is 9.59 Å². The second-order valence-corrected chi connectivity index (χ2v) is 9.80. The number of nitrogens with zero attached hydrogens (tertiary/aromatic N) is 2. The Morgan fingerprint density at radius 1 is 1.17 bits per heavy atom. The normalized spacial score (nSPS) is 17.4. The Labute approximate surface area is 187 Å². The summed E-state index contributed by atoms with van der Waals surface area (Å²) in [5.41, 5.74) is 1.87. The summed E-state index contributed by atoms with van der Waals surface area (Å²) in [6, 6.07) is 8.67. The van der Waals surface area contributed by atoms with Crippen molar-refractivity contribution in [3.8, 4) is 0 Å². The van der Waals surface area contributed by atoms with Crippen LogP contribution in [-0.4, -0.2) is 33.1 Å². The van der Waals surface area contributed by atoms with Crippen LogP contribution in [-0.2, 0) is 19.5 Å². The summed E-state index contributed by atoms with van der Waals surface area (Å²) in [5.74, 6) is -0.958. The maximum absolute atomic E-state index is 12.8. The minimum absolute atomic E-state index is 0.110. The lowest BCUT2D eigenvalue weighted by molar-refractivity contribution is 0.0697. The number of benzene rings is 1. The monoisotopic (exact) mass is 450 g/mol. The summed E-state index contributed by atoms with van der Waals surface area (Å²) in [5, 5.41) is 9.66. The number of aryl methyl sites for hydroxylation is 1. The third kappa shape index (κ3) is 5.08. The van der Waals surface area contributed by atoms with Crippen molar-refractivity contribution in [2.45, 2.75) is 59.2 Å². The zero-order valence-corrected chi connectivity index (χ0v) is 19.1. The number of pyridine rings is 1. The number of aromatic nitrogens is 1. The standard InChI is InChI=1S/C23H28Cl2N2O3/c1-23(2,3)20-5-4-11-26(20)14-19-17(24)13-18(25)21(28)27(19)12-10-15-6-8-16(9-7-15)22(29)30/h6-9,13,20H,4-5,10-12,14H2,1-3H3,(H,29,30). The molecule has 1 saturated heterocycles. The van der Waals surface area contributed by atoms with Crippen molar-refractivity contribution in [2.75, 3.05) is 6.54 Å². The Hall–Kier alpha value is -1.82. The van der Waals surface area contributed by atoms with E-state index < -0.39 is 5.97 Å². The minimum Gasteiger partial charge on any atom is -0.478 e. The average Bonchev–Trinajstić information content (AvgIpc) is 3.15. The summed E-state index contributed by atoms with van der Waals surface area (Å²) in [7, 11) is 0. The number of aromatic carboxylic acids is 1. The van der Waals surface area contributed by atoms with Crippen LogP contribution in [0.25, 0.3) is 0 Å². The molecule has 1 aromatic heterocycles. The van der Waals surface area contributed by atoms with E-state index in [1.165, 1.54) is 0 Å². The first-order valence-corrected chi connectivity index (χ1v) is 11.0. The van der Waals surface area contributed by atoms with Crippen LogP contribution < -0.4 is 5.56 Å². The third-order valence-electron chi connectivity index (χ3n) is 5.85. The summed E-state index contributed by atoms with van der Waals surface area (Å²) < 4.78 is 1.67. The molecular formula is C23H28Cl2N2O3. The molecular weight excluding hydrogens is 423 g/mol. The lowest BCUT2D eigenvalue weighted by Gasteiger charge is -2.35. The van der Waals surface area contributed by atoms with Crippen LogP contribution in [0.4, 0.5) is 0 Å². The van der Waals surface area contributed by atoms with Gasteiger partial charge in [-0.15, -0.1) is 0 Å². The highest BCUT2D eigenvalue weighted by atomic mass is 35.5. The maximum Gasteiger partial charge on any atom is 0.335 e. The smallest absolute Gasteiger partial charge is 0.335 e. The Morgan fingerprint density at radius 2 is 1.83 bits per heavy atom. The van der Waals surface area contributed by atoms with Gasteiger partial charge in [-0.25, -0.2) is 4.79 Å². The van der Waals surface area contributed by atoms with Gasteiger partial charge >= 0.3 is 5.97 Å². The summed E-state index contributed by atoms with van der Waals surface area (Å²) in [6.45, 7) is 8.74. The van der Waals surface area contributed by atoms with Crippen molar-refractivity contribution < 1.29 is 9.90 Å². The molecule has 0 bridgehead atoms. The van der Waals surface area contributed by atoms with E-state index in [1.807, 2.05) is 0 Å². The van der Waals surface area contributed by atoms with Crippen LogP contribution in [0, 0.1) is 5.41 Å². The number of likely N-dealkylation sites (tertiary alicyclic amines) is 1. The molecule has 5 nitrogen and oxygen atoms in total. The van der Waals surface area contributed by atoms with Crippen LogP contribution in [0.15, 0.2) is 35.1 Å². The predicted octanol–water partition coefficient (Wildman–Crippen LogP) is 5.11. The quantitative estimate of drug-likeness (QED) is 0.664. The average molecular weight is 451 g/mol. The Morgan fingerprint density at radius 3 is 2.43 bits per heavy atom. The fourth-order valence-corrected chi connectivity index (χ4v) is 4.82. The zero-order valence-electron chi connectivity index (χ0n) is 17.6. The van der Waals surface area contributed by atoms with Gasteiger partial charge in [0, 0.05) is 19.1 Å². The van der Waals surface area contributed by atoms with E-state index in [0.29, 0.717) is 30.6 Å². The Bertz CT molecular complexity index is 978. The maximum atomic E-state index is 12.8. The summed E-state index contributed by atoms with van der Waals surface area (Å²) >= 11 is 12.7. The lowest BCUT2D eigenvalue weighted by Crippen LogP contribution is -2.40. The van der Waals surface area contributed by atoms with E-state index in [2.05, 4.69) is 25.7 Å². The van der Waals surface area contributed by atoms with Gasteiger partial charge in [-0.2, -0.15) is 0 Å². The van der Waals surface area contributed by atoms with Gasteiger partial charge in [0.25, 0.3) is 5.56 Å². The van der Waals surface area contributed by atoms with Gasteiger partial charge in [0.2, 0.25) is 0 Å². The number of carbonyl (C=O) groups is 1. The lowest BCUT2D eigenvalue weighted by atomic mass is 9.85. The number of hydrogen-bond acceptors (Lipinski definition) is 3. The van der Waals surface area contributed by atoms with Gasteiger partial charge in [0.05, 0.1) is 16.3 Å². The van der Waals surface area contributed by atoms with Crippen molar-refractivity contribution in [2.24, 2.45) is 5.41 Å². The molecule has 1 atom stereocenters. The topological polar surface area (TPSA) is 62.5 Å². The van der Waals surface area contributed by atoms with Gasteiger partial charge in [-0.05, 0) is 55.0 Å². The molecule has 1 aliphatic rings. The molecule has 0 amide bonds. The molecule has 0 saturated carbocycles. The molecule has 162 valence electrons. The van der Waals surface area contributed by atoms with Crippen LogP contribution in [0.2, 0.25) is 10.0 Å². The van der Waals surface area contributed by atoms with Gasteiger partial charge in [-0.3, -0.25) is 9.69 Å². The molecule has 1 aromatic carbocycles. The first kappa shape index (κ1) is 22.9. The van der Waals surface area contributed by atoms with E-state index in [-0.39, 0.29) is 21.6 Å². The largest absolute Gasteiger partial charge is 0.478 e. The van der Waals surface area contributed by atoms with Gasteiger partial charge in [0.1, 0.15) is 5.02 Å². The van der Waals surface area contributed by atoms with E-state index in [4.69, 9.17) is 28.3 Å². The SMILES string of the molecule is CC(C)(C)C1CCCN1Cc1c(Cl)cc(Cl)c(=O)n1CCc1ccc(C(=O)O)cc1. The third-order valence-corrected chi connectivity index (χ3v) is 6.44. The van der Waals surface area contributed by atoms with Crippen LogP contribution in [0.5, 0.6) is 0 Å². The molecule has 3 rings (SSSR count). The zero-order chi connectivity index (χ0) is 22.1. The molecule has 0 radical (unpaired) electrons. The Kier molecular flexibility index (Phi) is 6.95. The van der Waals surface area contributed by atoms with E-state index in [1.54, 1.807) is 34.9 Å². The molecule has 0 spiro atoms. The van der Waals surface area contributed by atoms with Crippen molar-refractivity contribution in [1.82, 2.24) is 9.47 Å². The summed E-state index contributed by atoms with van der Waals surface area (Å²) in [4.78, 5) is 26.3. The molecule has 0 aliphatic carbocycles. The molecule has 30 heavy (non-hydrogen) atoms. The highest BCUT2D eigenvalue weighted by Crippen LogP contribution is 2.34. The number of rotatable bonds is 6. The van der Waals surface area contributed by atoms with Gasteiger partial charge < -0.3 is 9.67 Å². The molecule has 1 unspecified atom stereocenters. The van der Waals surface area contributed by atoms with Crippen molar-refractivity contribution in [3.63, 3.8) is 0 Å². The second-order valence-electron chi connectivity index (χ2n) is 8.99. The highest BCUT2D eigenvalue weighted by molar-refractivity contribution is 6.34.